The molecule has 2 aromatic rings. The fourth-order valence-corrected chi connectivity index (χ4v) is 3.75. The van der Waals surface area contributed by atoms with Crippen LogP contribution in [0, 0.1) is 6.92 Å². The van der Waals surface area contributed by atoms with Crippen molar-refractivity contribution >= 4 is 23.3 Å². The van der Waals surface area contributed by atoms with Gasteiger partial charge in [-0.3, -0.25) is 4.68 Å². The van der Waals surface area contributed by atoms with Crippen LogP contribution < -0.4 is 15.1 Å². The minimum absolute atomic E-state index is 0.280. The smallest absolute Gasteiger partial charge is 0.229 e. The van der Waals surface area contributed by atoms with E-state index < -0.39 is 0 Å². The van der Waals surface area contributed by atoms with Gasteiger partial charge in [0.25, 0.3) is 0 Å². The molecule has 0 spiro atoms. The van der Waals surface area contributed by atoms with Crippen LogP contribution in [-0.2, 0) is 7.05 Å². The molecule has 1 unspecified atom stereocenters. The summed E-state index contributed by atoms with van der Waals surface area (Å²) in [4.78, 5) is 13.5. The molecule has 2 aliphatic rings. The average Bonchev–Trinajstić information content (AvgIpc) is 3.26. The van der Waals surface area contributed by atoms with Crippen molar-refractivity contribution in [2.45, 2.75) is 38.7 Å². The minimum Gasteiger partial charge on any atom is -0.391 e. The standard InChI is InChI=1S/C18H27N7O/c1-13-16(17(22-23(13)2)24-9-3-4-10-24)21-18-19-8-7-15(20-18)25-11-5-6-14(26)12-25/h7-8,14,26H,3-6,9-12H2,1-2H3,(H,19,20,21). The van der Waals surface area contributed by atoms with Gasteiger partial charge in [-0.1, -0.05) is 0 Å². The van der Waals surface area contributed by atoms with Gasteiger partial charge < -0.3 is 20.2 Å². The fourth-order valence-electron chi connectivity index (χ4n) is 3.75. The zero-order valence-electron chi connectivity index (χ0n) is 15.5. The van der Waals surface area contributed by atoms with E-state index in [1.807, 2.05) is 17.8 Å². The zero-order valence-corrected chi connectivity index (χ0v) is 15.5. The third kappa shape index (κ3) is 3.33. The van der Waals surface area contributed by atoms with E-state index in [1.165, 1.54) is 12.8 Å². The Bertz CT molecular complexity index is 769. The second kappa shape index (κ2) is 7.11. The Morgan fingerprint density at radius 2 is 1.92 bits per heavy atom. The van der Waals surface area contributed by atoms with Crippen LogP contribution in [0.4, 0.5) is 23.3 Å². The lowest BCUT2D eigenvalue weighted by molar-refractivity contribution is 0.154. The Balaban J connectivity index is 1.59. The summed E-state index contributed by atoms with van der Waals surface area (Å²) in [6.45, 7) is 5.68. The molecule has 1 atom stereocenters. The van der Waals surface area contributed by atoms with Crippen molar-refractivity contribution in [3.63, 3.8) is 0 Å². The third-order valence-corrected chi connectivity index (χ3v) is 5.32. The number of anilines is 4. The van der Waals surface area contributed by atoms with E-state index in [0.29, 0.717) is 12.5 Å². The van der Waals surface area contributed by atoms with E-state index >= 15 is 0 Å². The highest BCUT2D eigenvalue weighted by Gasteiger charge is 2.23. The van der Waals surface area contributed by atoms with E-state index in [9.17, 15) is 5.11 Å². The Hall–Kier alpha value is -2.35. The van der Waals surface area contributed by atoms with E-state index in [-0.39, 0.29) is 6.10 Å². The Morgan fingerprint density at radius 1 is 1.15 bits per heavy atom. The molecule has 2 aliphatic heterocycles. The molecule has 2 saturated heterocycles. The summed E-state index contributed by atoms with van der Waals surface area (Å²) in [5, 5.41) is 18.0. The highest BCUT2D eigenvalue weighted by molar-refractivity contribution is 5.73. The second-order valence-electron chi connectivity index (χ2n) is 7.21. The summed E-state index contributed by atoms with van der Waals surface area (Å²) in [5.74, 6) is 2.40. The summed E-state index contributed by atoms with van der Waals surface area (Å²) in [6.07, 6.45) is 5.75. The number of hydrogen-bond donors (Lipinski definition) is 2. The van der Waals surface area contributed by atoms with Crippen molar-refractivity contribution < 1.29 is 5.11 Å². The quantitative estimate of drug-likeness (QED) is 0.864. The number of piperidine rings is 1. The van der Waals surface area contributed by atoms with Crippen molar-refractivity contribution in [1.82, 2.24) is 19.7 Å². The molecule has 0 bridgehead atoms. The third-order valence-electron chi connectivity index (χ3n) is 5.32. The first-order chi connectivity index (χ1) is 12.6. The molecule has 0 amide bonds. The molecule has 4 rings (SSSR count). The molecule has 140 valence electrons. The molecule has 2 fully saturated rings. The molecule has 8 nitrogen and oxygen atoms in total. The van der Waals surface area contributed by atoms with Crippen LogP contribution in [-0.4, -0.2) is 57.1 Å². The topological polar surface area (TPSA) is 82.3 Å². The van der Waals surface area contributed by atoms with Gasteiger partial charge in [0.15, 0.2) is 5.82 Å². The van der Waals surface area contributed by atoms with Crippen LogP contribution in [0.15, 0.2) is 12.3 Å². The summed E-state index contributed by atoms with van der Waals surface area (Å²) < 4.78 is 1.90. The number of aliphatic hydroxyl groups is 1. The van der Waals surface area contributed by atoms with Crippen molar-refractivity contribution in [3.8, 4) is 0 Å². The Labute approximate surface area is 153 Å². The molecule has 26 heavy (non-hydrogen) atoms. The van der Waals surface area contributed by atoms with E-state index in [0.717, 1.165) is 55.5 Å². The van der Waals surface area contributed by atoms with Crippen LogP contribution in [0.1, 0.15) is 31.4 Å². The number of aryl methyl sites for hydroxylation is 1. The van der Waals surface area contributed by atoms with Crippen LogP contribution in [0.25, 0.3) is 0 Å². The van der Waals surface area contributed by atoms with Crippen molar-refractivity contribution in [2.24, 2.45) is 7.05 Å². The molecule has 0 radical (unpaired) electrons. The summed E-state index contributed by atoms with van der Waals surface area (Å²) in [7, 11) is 1.96. The molecule has 4 heterocycles. The monoisotopic (exact) mass is 357 g/mol. The Morgan fingerprint density at radius 3 is 2.69 bits per heavy atom. The fraction of sp³-hybridized carbons (Fsp3) is 0.611. The van der Waals surface area contributed by atoms with Gasteiger partial charge in [-0.15, -0.1) is 0 Å². The maximum atomic E-state index is 9.92. The van der Waals surface area contributed by atoms with Crippen molar-refractivity contribution in [3.05, 3.63) is 18.0 Å². The van der Waals surface area contributed by atoms with Crippen molar-refractivity contribution in [2.75, 3.05) is 41.3 Å². The number of rotatable bonds is 4. The molecule has 2 N–H and O–H groups in total. The maximum absolute atomic E-state index is 9.92. The highest BCUT2D eigenvalue weighted by Crippen LogP contribution is 2.32. The molecule has 8 heteroatoms. The summed E-state index contributed by atoms with van der Waals surface area (Å²) in [5.41, 5.74) is 2.04. The Kier molecular flexibility index (Phi) is 4.67. The van der Waals surface area contributed by atoms with Gasteiger partial charge in [0, 0.05) is 39.4 Å². The number of β-amino-alcohol motifs (C(OH)–C–C–N with tert-alkyl or cyclic N) is 1. The lowest BCUT2D eigenvalue weighted by Crippen LogP contribution is -2.38. The van der Waals surface area contributed by atoms with Gasteiger partial charge in [-0.25, -0.2) is 4.98 Å². The highest BCUT2D eigenvalue weighted by atomic mass is 16.3. The van der Waals surface area contributed by atoms with Gasteiger partial charge in [0.2, 0.25) is 5.95 Å². The largest absolute Gasteiger partial charge is 0.391 e. The zero-order chi connectivity index (χ0) is 18.1. The van der Waals surface area contributed by atoms with E-state index in [1.54, 1.807) is 6.20 Å². The van der Waals surface area contributed by atoms with Crippen LogP contribution in [0.5, 0.6) is 0 Å². The van der Waals surface area contributed by atoms with Gasteiger partial charge >= 0.3 is 0 Å². The summed E-state index contributed by atoms with van der Waals surface area (Å²) in [6, 6.07) is 1.90. The van der Waals surface area contributed by atoms with Gasteiger partial charge in [0.1, 0.15) is 11.5 Å². The molecular weight excluding hydrogens is 330 g/mol. The predicted molar refractivity (Wildman–Crippen MR) is 102 cm³/mol. The van der Waals surface area contributed by atoms with Crippen LogP contribution in [0.2, 0.25) is 0 Å². The van der Waals surface area contributed by atoms with Gasteiger partial charge in [0.05, 0.1) is 11.8 Å². The maximum Gasteiger partial charge on any atom is 0.229 e. The number of aliphatic hydroxyl groups excluding tert-OH is 1. The lowest BCUT2D eigenvalue weighted by Gasteiger charge is -2.31. The second-order valence-corrected chi connectivity index (χ2v) is 7.21. The van der Waals surface area contributed by atoms with E-state index in [2.05, 4.69) is 32.0 Å². The number of hydrogen-bond acceptors (Lipinski definition) is 7. The SMILES string of the molecule is Cc1c(Nc2nccc(N3CCCC(O)C3)n2)c(N2CCCC2)nn1C. The molecule has 0 aromatic carbocycles. The van der Waals surface area contributed by atoms with Crippen LogP contribution in [0.3, 0.4) is 0 Å². The molecule has 2 aromatic heterocycles. The van der Waals surface area contributed by atoms with Crippen molar-refractivity contribution in [1.29, 1.82) is 0 Å². The lowest BCUT2D eigenvalue weighted by atomic mass is 10.1. The van der Waals surface area contributed by atoms with E-state index in [4.69, 9.17) is 5.10 Å². The van der Waals surface area contributed by atoms with Gasteiger partial charge in [-0.2, -0.15) is 10.1 Å². The first kappa shape index (κ1) is 17.1. The molecule has 0 saturated carbocycles. The molecule has 0 aliphatic carbocycles. The minimum atomic E-state index is -0.280. The molecular formula is C18H27N7O. The van der Waals surface area contributed by atoms with Gasteiger partial charge in [-0.05, 0) is 38.7 Å². The normalized spacial score (nSPS) is 20.7. The average molecular weight is 357 g/mol. The number of nitrogens with one attached hydrogen (secondary N) is 1. The number of nitrogens with zero attached hydrogens (tertiary/aromatic N) is 6. The first-order valence-corrected chi connectivity index (χ1v) is 9.43. The first-order valence-electron chi connectivity index (χ1n) is 9.43. The van der Waals surface area contributed by atoms with Crippen LogP contribution >= 0.6 is 0 Å². The predicted octanol–water partition coefficient (Wildman–Crippen LogP) is 1.82. The summed E-state index contributed by atoms with van der Waals surface area (Å²) >= 11 is 0. The number of aromatic nitrogens is 4.